The molecule has 1 aromatic carbocycles. The standard InChI is InChI=1S/C22H29N3O3/c1-16-6-4-9-18(14-16)22(26)25-12-5-10-19(25)21-23-20(24-28-21)11-13-27-15-17-7-2-3-8-17/h4,6,9,14,17,19H,2-3,5,7-8,10-13,15H2,1H3. The first kappa shape index (κ1) is 19.1. The van der Waals surface area contributed by atoms with Gasteiger partial charge in [0.15, 0.2) is 5.82 Å². The first-order chi connectivity index (χ1) is 13.7. The largest absolute Gasteiger partial charge is 0.381 e. The minimum atomic E-state index is -0.131. The number of ether oxygens (including phenoxy) is 1. The van der Waals surface area contributed by atoms with Gasteiger partial charge in [-0.05, 0) is 50.7 Å². The summed E-state index contributed by atoms with van der Waals surface area (Å²) in [5.41, 5.74) is 1.80. The predicted molar refractivity (Wildman–Crippen MR) is 105 cm³/mol. The van der Waals surface area contributed by atoms with Gasteiger partial charge in [0, 0.05) is 25.1 Å². The summed E-state index contributed by atoms with van der Waals surface area (Å²) in [6, 6.07) is 7.58. The third-order valence-electron chi connectivity index (χ3n) is 5.85. The Morgan fingerprint density at radius 1 is 1.25 bits per heavy atom. The summed E-state index contributed by atoms with van der Waals surface area (Å²) >= 11 is 0. The molecular weight excluding hydrogens is 354 g/mol. The van der Waals surface area contributed by atoms with Crippen LogP contribution >= 0.6 is 0 Å². The third-order valence-corrected chi connectivity index (χ3v) is 5.85. The van der Waals surface area contributed by atoms with Gasteiger partial charge in [0.2, 0.25) is 5.89 Å². The number of hydrogen-bond donors (Lipinski definition) is 0. The number of aryl methyl sites for hydroxylation is 1. The monoisotopic (exact) mass is 383 g/mol. The molecular formula is C22H29N3O3. The van der Waals surface area contributed by atoms with E-state index in [1.165, 1.54) is 25.7 Å². The van der Waals surface area contributed by atoms with E-state index >= 15 is 0 Å². The average Bonchev–Trinajstić information content (AvgIpc) is 3.46. The summed E-state index contributed by atoms with van der Waals surface area (Å²) in [5, 5.41) is 4.11. The molecule has 1 saturated carbocycles. The van der Waals surface area contributed by atoms with Gasteiger partial charge < -0.3 is 14.2 Å². The molecule has 6 nitrogen and oxygen atoms in total. The first-order valence-corrected chi connectivity index (χ1v) is 10.5. The van der Waals surface area contributed by atoms with Crippen molar-refractivity contribution >= 4 is 5.91 Å². The predicted octanol–water partition coefficient (Wildman–Crippen LogP) is 4.10. The van der Waals surface area contributed by atoms with Crippen LogP contribution in [0.5, 0.6) is 0 Å². The van der Waals surface area contributed by atoms with E-state index in [4.69, 9.17) is 9.26 Å². The van der Waals surface area contributed by atoms with Crippen molar-refractivity contribution in [3.8, 4) is 0 Å². The quantitative estimate of drug-likeness (QED) is 0.673. The second-order valence-corrected chi connectivity index (χ2v) is 8.05. The van der Waals surface area contributed by atoms with Gasteiger partial charge in [-0.25, -0.2) is 0 Å². The van der Waals surface area contributed by atoms with E-state index in [0.717, 1.165) is 37.5 Å². The maximum absolute atomic E-state index is 12.9. The summed E-state index contributed by atoms with van der Waals surface area (Å²) in [6.07, 6.45) is 7.71. The molecule has 0 N–H and O–H groups in total. The number of aromatic nitrogens is 2. The van der Waals surface area contributed by atoms with Crippen molar-refractivity contribution in [2.75, 3.05) is 19.8 Å². The van der Waals surface area contributed by atoms with Crippen molar-refractivity contribution in [1.82, 2.24) is 15.0 Å². The molecule has 1 saturated heterocycles. The number of carbonyl (C=O) groups is 1. The van der Waals surface area contributed by atoms with Crippen LogP contribution in [0, 0.1) is 12.8 Å². The number of hydrogen-bond acceptors (Lipinski definition) is 5. The van der Waals surface area contributed by atoms with E-state index < -0.39 is 0 Å². The zero-order valence-corrected chi connectivity index (χ0v) is 16.6. The number of rotatable bonds is 7. The topological polar surface area (TPSA) is 68.5 Å². The highest BCUT2D eigenvalue weighted by Crippen LogP contribution is 2.32. The van der Waals surface area contributed by atoms with Gasteiger partial charge in [-0.1, -0.05) is 35.7 Å². The van der Waals surface area contributed by atoms with Crippen LogP contribution in [0.1, 0.15) is 72.2 Å². The second-order valence-electron chi connectivity index (χ2n) is 8.05. The van der Waals surface area contributed by atoms with E-state index in [0.29, 0.717) is 30.3 Å². The zero-order valence-electron chi connectivity index (χ0n) is 16.6. The van der Waals surface area contributed by atoms with Crippen LogP contribution in [0.2, 0.25) is 0 Å². The normalized spacial score (nSPS) is 20.2. The van der Waals surface area contributed by atoms with Crippen LogP contribution < -0.4 is 0 Å². The number of amides is 1. The number of benzene rings is 1. The van der Waals surface area contributed by atoms with Crippen LogP contribution in [0.4, 0.5) is 0 Å². The van der Waals surface area contributed by atoms with Gasteiger partial charge in [-0.2, -0.15) is 4.98 Å². The molecule has 2 aliphatic rings. The Kier molecular flexibility index (Phi) is 6.05. The minimum Gasteiger partial charge on any atom is -0.381 e. The molecule has 2 heterocycles. The fourth-order valence-corrected chi connectivity index (χ4v) is 4.31. The maximum Gasteiger partial charge on any atom is 0.254 e. The molecule has 0 radical (unpaired) electrons. The zero-order chi connectivity index (χ0) is 19.3. The van der Waals surface area contributed by atoms with Gasteiger partial charge in [0.05, 0.1) is 6.61 Å². The lowest BCUT2D eigenvalue weighted by Crippen LogP contribution is -2.30. The first-order valence-electron chi connectivity index (χ1n) is 10.5. The molecule has 4 rings (SSSR count). The van der Waals surface area contributed by atoms with E-state index in [9.17, 15) is 4.79 Å². The van der Waals surface area contributed by atoms with E-state index in [1.54, 1.807) is 0 Å². The Bertz CT molecular complexity index is 798. The summed E-state index contributed by atoms with van der Waals surface area (Å²) < 4.78 is 11.3. The highest BCUT2D eigenvalue weighted by atomic mass is 16.5. The Labute approximate surface area is 166 Å². The van der Waals surface area contributed by atoms with Crippen molar-refractivity contribution in [2.24, 2.45) is 5.92 Å². The fourth-order valence-electron chi connectivity index (χ4n) is 4.31. The Morgan fingerprint density at radius 3 is 2.93 bits per heavy atom. The molecule has 28 heavy (non-hydrogen) atoms. The average molecular weight is 383 g/mol. The van der Waals surface area contributed by atoms with Gasteiger partial charge in [-0.3, -0.25) is 4.79 Å². The highest BCUT2D eigenvalue weighted by molar-refractivity contribution is 5.94. The Balaban J connectivity index is 1.33. The summed E-state index contributed by atoms with van der Waals surface area (Å²) in [6.45, 7) is 4.18. The molecule has 1 atom stereocenters. The van der Waals surface area contributed by atoms with Crippen molar-refractivity contribution in [3.63, 3.8) is 0 Å². The molecule has 1 amide bonds. The summed E-state index contributed by atoms with van der Waals surface area (Å²) in [4.78, 5) is 19.4. The molecule has 1 aliphatic carbocycles. The lowest BCUT2D eigenvalue weighted by atomic mass is 10.1. The summed E-state index contributed by atoms with van der Waals surface area (Å²) in [7, 11) is 0. The molecule has 6 heteroatoms. The molecule has 1 unspecified atom stereocenters. The third kappa shape index (κ3) is 4.43. The lowest BCUT2D eigenvalue weighted by Gasteiger charge is -2.22. The van der Waals surface area contributed by atoms with Crippen LogP contribution in [-0.2, 0) is 11.2 Å². The second kappa shape index (κ2) is 8.86. The van der Waals surface area contributed by atoms with Crippen LogP contribution in [0.3, 0.4) is 0 Å². The number of nitrogens with zero attached hydrogens (tertiary/aromatic N) is 3. The molecule has 1 aliphatic heterocycles. The van der Waals surface area contributed by atoms with Crippen molar-refractivity contribution < 1.29 is 14.1 Å². The maximum atomic E-state index is 12.9. The Morgan fingerprint density at radius 2 is 2.11 bits per heavy atom. The van der Waals surface area contributed by atoms with E-state index in [-0.39, 0.29) is 11.9 Å². The van der Waals surface area contributed by atoms with E-state index in [2.05, 4.69) is 10.1 Å². The molecule has 150 valence electrons. The molecule has 2 aromatic rings. The van der Waals surface area contributed by atoms with Crippen LogP contribution in [-0.4, -0.2) is 40.7 Å². The van der Waals surface area contributed by atoms with Gasteiger partial charge in [0.25, 0.3) is 5.91 Å². The molecule has 0 bridgehead atoms. The van der Waals surface area contributed by atoms with Crippen molar-refractivity contribution in [3.05, 3.63) is 47.1 Å². The lowest BCUT2D eigenvalue weighted by molar-refractivity contribution is 0.0710. The fraction of sp³-hybridized carbons (Fsp3) is 0.591. The van der Waals surface area contributed by atoms with Crippen molar-refractivity contribution in [2.45, 2.75) is 57.9 Å². The highest BCUT2D eigenvalue weighted by Gasteiger charge is 2.34. The van der Waals surface area contributed by atoms with E-state index in [1.807, 2.05) is 36.1 Å². The van der Waals surface area contributed by atoms with Crippen LogP contribution in [0.25, 0.3) is 0 Å². The molecule has 2 fully saturated rings. The SMILES string of the molecule is Cc1cccc(C(=O)N2CCCC2c2nc(CCOCC3CCCC3)no2)c1. The summed E-state index contributed by atoms with van der Waals surface area (Å²) in [5.74, 6) is 1.96. The molecule has 0 spiro atoms. The minimum absolute atomic E-state index is 0.0332. The van der Waals surface area contributed by atoms with Crippen LogP contribution in [0.15, 0.2) is 28.8 Å². The van der Waals surface area contributed by atoms with Crippen molar-refractivity contribution in [1.29, 1.82) is 0 Å². The smallest absolute Gasteiger partial charge is 0.254 e. The Hall–Kier alpha value is -2.21. The van der Waals surface area contributed by atoms with Gasteiger partial charge in [0.1, 0.15) is 6.04 Å². The van der Waals surface area contributed by atoms with Gasteiger partial charge >= 0.3 is 0 Å². The number of likely N-dealkylation sites (tertiary alicyclic amines) is 1. The molecule has 1 aromatic heterocycles. The number of carbonyl (C=O) groups excluding carboxylic acids is 1. The van der Waals surface area contributed by atoms with Gasteiger partial charge in [-0.15, -0.1) is 0 Å².